The number of rotatable bonds is 5. The fourth-order valence-corrected chi connectivity index (χ4v) is 4.22. The molecule has 1 aromatic carbocycles. The largest absolute Gasteiger partial charge is 0.507 e. The molecule has 1 unspecified atom stereocenters. The van der Waals surface area contributed by atoms with Crippen molar-refractivity contribution < 1.29 is 19.4 Å². The highest BCUT2D eigenvalue weighted by Crippen LogP contribution is 2.41. The summed E-state index contributed by atoms with van der Waals surface area (Å²) in [4.78, 5) is 36.0. The number of likely N-dealkylation sites (tertiary alicyclic amines) is 1. The van der Waals surface area contributed by atoms with Crippen LogP contribution in [0.5, 0.6) is 5.75 Å². The van der Waals surface area contributed by atoms with E-state index in [1.54, 1.807) is 68.3 Å². The summed E-state index contributed by atoms with van der Waals surface area (Å²) < 4.78 is 5.51. The number of aliphatic hydroxyl groups excluding tert-OH is 1. The number of aliphatic hydroxyl groups is 1. The minimum absolute atomic E-state index is 0.0512. The van der Waals surface area contributed by atoms with Crippen LogP contribution >= 0.6 is 0 Å². The van der Waals surface area contributed by atoms with Crippen LogP contribution in [0.1, 0.15) is 49.1 Å². The summed E-state index contributed by atoms with van der Waals surface area (Å²) in [6, 6.07) is 11.6. The van der Waals surface area contributed by atoms with Crippen molar-refractivity contribution in [2.45, 2.75) is 38.8 Å². The van der Waals surface area contributed by atoms with Gasteiger partial charge in [-0.1, -0.05) is 20.8 Å². The highest BCUT2D eigenvalue weighted by Gasteiger charge is 2.46. The lowest BCUT2D eigenvalue weighted by atomic mass is 9.84. The number of methoxy groups -OCH3 is 1. The van der Waals surface area contributed by atoms with Crippen molar-refractivity contribution in [2.75, 3.05) is 7.11 Å². The second-order valence-corrected chi connectivity index (χ2v) is 9.23. The van der Waals surface area contributed by atoms with Crippen molar-refractivity contribution >= 4 is 17.4 Å². The predicted octanol–water partition coefficient (Wildman–Crippen LogP) is 4.40. The molecule has 0 saturated carbocycles. The first-order valence-electron chi connectivity index (χ1n) is 11.0. The Hall–Kier alpha value is -4.00. The first-order valence-corrected chi connectivity index (χ1v) is 11.0. The number of hydrogen-bond donors (Lipinski definition) is 1. The van der Waals surface area contributed by atoms with Crippen LogP contribution in [-0.2, 0) is 21.5 Å². The standard InChI is InChI=1S/C27H27N3O4/c1-27(2,3)20-15-19(5-6-21(20)34-4)24(31)22-23(18-9-13-29-14-10-18)30(26(33)25(22)32)16-17-7-11-28-12-8-17/h5-15,23,31H,16H2,1-4H3/b24-22-. The maximum Gasteiger partial charge on any atom is 0.295 e. The Labute approximate surface area is 198 Å². The fraction of sp³-hybridized carbons (Fsp3) is 0.259. The molecule has 3 heterocycles. The SMILES string of the molecule is COc1ccc(/C(O)=C2/C(=O)C(=O)N(Cc3ccncc3)C2c2ccncc2)cc1C(C)(C)C. The number of amides is 1. The van der Waals surface area contributed by atoms with Crippen LogP contribution in [0.25, 0.3) is 5.76 Å². The van der Waals surface area contributed by atoms with Crippen molar-refractivity contribution in [1.29, 1.82) is 0 Å². The third-order valence-electron chi connectivity index (χ3n) is 5.95. The molecule has 0 radical (unpaired) electrons. The van der Waals surface area contributed by atoms with E-state index in [1.807, 2.05) is 26.8 Å². The number of ketones is 1. The molecule has 0 bridgehead atoms. The third kappa shape index (κ3) is 4.29. The van der Waals surface area contributed by atoms with Gasteiger partial charge in [0.15, 0.2) is 0 Å². The van der Waals surface area contributed by atoms with Crippen LogP contribution < -0.4 is 4.74 Å². The normalized spacial score (nSPS) is 17.8. The molecule has 1 atom stereocenters. The van der Waals surface area contributed by atoms with E-state index in [-0.39, 0.29) is 23.3 Å². The minimum atomic E-state index is -0.753. The molecule has 1 aliphatic heterocycles. The summed E-state index contributed by atoms with van der Waals surface area (Å²) in [5, 5.41) is 11.4. The zero-order valence-corrected chi connectivity index (χ0v) is 19.6. The van der Waals surface area contributed by atoms with Gasteiger partial charge in [-0.25, -0.2) is 0 Å². The van der Waals surface area contributed by atoms with Gasteiger partial charge in [-0.3, -0.25) is 19.6 Å². The molecular weight excluding hydrogens is 430 g/mol. The Morgan fingerprint density at radius 1 is 1.00 bits per heavy atom. The topological polar surface area (TPSA) is 92.6 Å². The van der Waals surface area contributed by atoms with E-state index < -0.39 is 17.7 Å². The molecule has 1 amide bonds. The fourth-order valence-electron chi connectivity index (χ4n) is 4.22. The highest BCUT2D eigenvalue weighted by atomic mass is 16.5. The molecule has 1 N–H and O–H groups in total. The summed E-state index contributed by atoms with van der Waals surface area (Å²) in [5.41, 5.74) is 2.64. The molecule has 1 saturated heterocycles. The third-order valence-corrected chi connectivity index (χ3v) is 5.95. The van der Waals surface area contributed by atoms with Crippen LogP contribution in [0.15, 0.2) is 72.8 Å². The average Bonchev–Trinajstić information content (AvgIpc) is 3.08. The van der Waals surface area contributed by atoms with E-state index in [4.69, 9.17) is 4.74 Å². The lowest BCUT2D eigenvalue weighted by Gasteiger charge is -2.26. The number of aromatic nitrogens is 2. The minimum Gasteiger partial charge on any atom is -0.507 e. The van der Waals surface area contributed by atoms with Gasteiger partial charge in [-0.05, 0) is 59.0 Å². The maximum atomic E-state index is 13.2. The monoisotopic (exact) mass is 457 g/mol. The van der Waals surface area contributed by atoms with Crippen molar-refractivity contribution in [2.24, 2.45) is 0 Å². The molecule has 1 aliphatic rings. The Bertz CT molecular complexity index is 1250. The van der Waals surface area contributed by atoms with Crippen molar-refractivity contribution in [3.05, 3.63) is 95.1 Å². The van der Waals surface area contributed by atoms with Crippen molar-refractivity contribution in [1.82, 2.24) is 14.9 Å². The van der Waals surface area contributed by atoms with E-state index >= 15 is 0 Å². The van der Waals surface area contributed by atoms with Crippen LogP contribution in [0.3, 0.4) is 0 Å². The van der Waals surface area contributed by atoms with Gasteiger partial charge in [-0.2, -0.15) is 0 Å². The first kappa shape index (κ1) is 23.2. The Morgan fingerprint density at radius 2 is 1.62 bits per heavy atom. The maximum absolute atomic E-state index is 13.2. The van der Waals surface area contributed by atoms with Crippen molar-refractivity contribution in [3.63, 3.8) is 0 Å². The van der Waals surface area contributed by atoms with Crippen LogP contribution in [-0.4, -0.2) is 38.8 Å². The molecule has 3 aromatic rings. The zero-order chi connectivity index (χ0) is 24.5. The summed E-state index contributed by atoms with van der Waals surface area (Å²) in [5.74, 6) is -0.912. The van der Waals surface area contributed by atoms with Gasteiger partial charge >= 0.3 is 0 Å². The summed E-state index contributed by atoms with van der Waals surface area (Å²) >= 11 is 0. The van der Waals surface area contributed by atoms with Gasteiger partial charge in [0.1, 0.15) is 11.5 Å². The Kier molecular flexibility index (Phi) is 6.20. The van der Waals surface area contributed by atoms with Gasteiger partial charge in [-0.15, -0.1) is 0 Å². The molecule has 34 heavy (non-hydrogen) atoms. The molecular formula is C27H27N3O4. The lowest BCUT2D eigenvalue weighted by Crippen LogP contribution is -2.29. The molecule has 0 spiro atoms. The van der Waals surface area contributed by atoms with Crippen LogP contribution in [0.4, 0.5) is 0 Å². The van der Waals surface area contributed by atoms with Crippen LogP contribution in [0, 0.1) is 0 Å². The van der Waals surface area contributed by atoms with E-state index in [1.165, 1.54) is 4.90 Å². The molecule has 1 fully saturated rings. The number of nitrogens with zero attached hydrogens (tertiary/aromatic N) is 3. The van der Waals surface area contributed by atoms with E-state index in [0.717, 1.165) is 11.1 Å². The number of carbonyl (C=O) groups excluding carboxylic acids is 2. The van der Waals surface area contributed by atoms with Crippen molar-refractivity contribution in [3.8, 4) is 5.75 Å². The Morgan fingerprint density at radius 3 is 2.21 bits per heavy atom. The van der Waals surface area contributed by atoms with Gasteiger partial charge in [0, 0.05) is 42.5 Å². The second kappa shape index (κ2) is 9.09. The molecule has 0 aliphatic carbocycles. The quantitative estimate of drug-likeness (QED) is 0.347. The summed E-state index contributed by atoms with van der Waals surface area (Å²) in [6.07, 6.45) is 6.48. The average molecular weight is 458 g/mol. The molecule has 7 heteroatoms. The van der Waals surface area contributed by atoms with Gasteiger partial charge in [0.05, 0.1) is 18.7 Å². The summed E-state index contributed by atoms with van der Waals surface area (Å²) in [6.45, 7) is 6.32. The van der Waals surface area contributed by atoms with Gasteiger partial charge < -0.3 is 14.7 Å². The van der Waals surface area contributed by atoms with Crippen LogP contribution in [0.2, 0.25) is 0 Å². The second-order valence-electron chi connectivity index (χ2n) is 9.23. The van der Waals surface area contributed by atoms with Gasteiger partial charge in [0.25, 0.3) is 11.7 Å². The lowest BCUT2D eigenvalue weighted by molar-refractivity contribution is -0.140. The number of carbonyl (C=O) groups is 2. The zero-order valence-electron chi connectivity index (χ0n) is 19.6. The Balaban J connectivity index is 1.88. The molecule has 4 rings (SSSR count). The molecule has 174 valence electrons. The number of Topliss-reactive ketones (excluding diaryl/α,β-unsaturated/α-hetero) is 1. The van der Waals surface area contributed by atoms with E-state index in [9.17, 15) is 14.7 Å². The molecule has 2 aromatic heterocycles. The van der Waals surface area contributed by atoms with Gasteiger partial charge in [0.2, 0.25) is 0 Å². The number of hydrogen-bond acceptors (Lipinski definition) is 6. The number of pyridine rings is 2. The van der Waals surface area contributed by atoms with E-state index in [2.05, 4.69) is 9.97 Å². The highest BCUT2D eigenvalue weighted by molar-refractivity contribution is 6.46. The smallest absolute Gasteiger partial charge is 0.295 e. The summed E-state index contributed by atoms with van der Waals surface area (Å²) in [7, 11) is 1.60. The number of ether oxygens (including phenoxy) is 1. The van der Waals surface area contributed by atoms with E-state index in [0.29, 0.717) is 16.9 Å². The predicted molar refractivity (Wildman–Crippen MR) is 128 cm³/mol. The number of benzene rings is 1. The first-order chi connectivity index (χ1) is 16.2. The molecule has 7 nitrogen and oxygen atoms in total.